The van der Waals surface area contributed by atoms with E-state index in [0.29, 0.717) is 0 Å². The zero-order chi connectivity index (χ0) is 9.14. The zero-order valence-corrected chi connectivity index (χ0v) is 6.21. The maximum atomic E-state index is 12.1. The van der Waals surface area contributed by atoms with Crippen LogP contribution in [0.15, 0.2) is 12.4 Å². The molecule has 66 valence electrons. The van der Waals surface area contributed by atoms with E-state index in [1.54, 1.807) is 0 Å². The number of hydrogen-bond acceptors (Lipinski definition) is 4. The quantitative estimate of drug-likeness (QED) is 0.447. The molecule has 12 heavy (non-hydrogen) atoms. The van der Waals surface area contributed by atoms with Crippen LogP contribution in [0.1, 0.15) is 6.42 Å². The van der Waals surface area contributed by atoms with Crippen molar-refractivity contribution in [3.8, 4) is 0 Å². The van der Waals surface area contributed by atoms with Crippen LogP contribution in [0.4, 0.5) is 4.39 Å². The van der Waals surface area contributed by atoms with Gasteiger partial charge in [-0.05, 0) is 0 Å². The molecule has 0 amide bonds. The molecule has 0 aromatic carbocycles. The van der Waals surface area contributed by atoms with Gasteiger partial charge in [0.15, 0.2) is 0 Å². The summed E-state index contributed by atoms with van der Waals surface area (Å²) in [6.07, 6.45) is -0.692. The smallest absolute Gasteiger partial charge is 0.367 e. The molecule has 0 radical (unpaired) electrons. The largest absolute Gasteiger partial charge is 0.463 e. The molecule has 1 rings (SSSR count). The predicted octanol–water partition coefficient (Wildman–Crippen LogP) is 0.328. The second-order valence-electron chi connectivity index (χ2n) is 2.26. The van der Waals surface area contributed by atoms with E-state index in [1.165, 1.54) is 0 Å². The predicted molar refractivity (Wildman–Crippen MR) is 35.7 cm³/mol. The minimum Gasteiger partial charge on any atom is -0.463 e. The highest BCUT2D eigenvalue weighted by Gasteiger charge is 2.30. The van der Waals surface area contributed by atoms with Crippen molar-refractivity contribution in [3.05, 3.63) is 12.4 Å². The van der Waals surface area contributed by atoms with Gasteiger partial charge in [0.05, 0.1) is 6.61 Å². The van der Waals surface area contributed by atoms with Crippen LogP contribution in [0.3, 0.4) is 0 Å². The van der Waals surface area contributed by atoms with Crippen LogP contribution in [-0.4, -0.2) is 24.6 Å². The molecule has 1 saturated heterocycles. The first-order chi connectivity index (χ1) is 5.61. The number of ether oxygens (including phenoxy) is 2. The van der Waals surface area contributed by atoms with Crippen LogP contribution in [0.2, 0.25) is 0 Å². The number of hydrogen-bond donors (Lipinski definition) is 0. The molecule has 0 spiro atoms. The summed E-state index contributed by atoms with van der Waals surface area (Å²) < 4.78 is 20.9. The first kappa shape index (κ1) is 8.70. The highest BCUT2D eigenvalue weighted by atomic mass is 19.1. The maximum Gasteiger partial charge on any atom is 0.367 e. The summed E-state index contributed by atoms with van der Waals surface area (Å²) in [5.74, 6) is -3.06. The number of rotatable bonds is 2. The Morgan fingerprint density at radius 2 is 2.42 bits per heavy atom. The van der Waals surface area contributed by atoms with E-state index in [2.05, 4.69) is 16.1 Å². The SMILES string of the molecule is C=C(F)C(=O)OC1CCOC1=O. The van der Waals surface area contributed by atoms with Crippen molar-refractivity contribution in [2.24, 2.45) is 0 Å². The molecule has 1 aliphatic heterocycles. The number of carbonyl (C=O) groups is 2. The first-order valence-corrected chi connectivity index (χ1v) is 3.33. The Balaban J connectivity index is 2.46. The minimum atomic E-state index is -1.21. The number of halogens is 1. The molecule has 1 fully saturated rings. The average molecular weight is 174 g/mol. The van der Waals surface area contributed by atoms with Gasteiger partial charge >= 0.3 is 11.9 Å². The van der Waals surface area contributed by atoms with Crippen molar-refractivity contribution in [1.29, 1.82) is 0 Å². The van der Waals surface area contributed by atoms with Crippen molar-refractivity contribution in [2.45, 2.75) is 12.5 Å². The lowest BCUT2D eigenvalue weighted by molar-refractivity contribution is -0.158. The van der Waals surface area contributed by atoms with Gasteiger partial charge in [-0.3, -0.25) is 0 Å². The molecule has 0 aliphatic carbocycles. The van der Waals surface area contributed by atoms with Gasteiger partial charge in [-0.25, -0.2) is 9.59 Å². The summed E-state index contributed by atoms with van der Waals surface area (Å²) in [4.78, 5) is 21.2. The van der Waals surface area contributed by atoms with Gasteiger partial charge in [0.2, 0.25) is 11.9 Å². The Hall–Kier alpha value is -1.39. The van der Waals surface area contributed by atoms with Gasteiger partial charge in [0.1, 0.15) is 0 Å². The van der Waals surface area contributed by atoms with Crippen LogP contribution < -0.4 is 0 Å². The first-order valence-electron chi connectivity index (χ1n) is 3.33. The van der Waals surface area contributed by atoms with E-state index >= 15 is 0 Å². The second-order valence-corrected chi connectivity index (χ2v) is 2.26. The third-order valence-electron chi connectivity index (χ3n) is 1.36. The molecule has 5 heteroatoms. The molecule has 0 bridgehead atoms. The summed E-state index contributed by atoms with van der Waals surface area (Å²) in [5.41, 5.74) is 0. The van der Waals surface area contributed by atoms with Gasteiger partial charge in [-0.15, -0.1) is 0 Å². The number of cyclic esters (lactones) is 1. The van der Waals surface area contributed by atoms with Gasteiger partial charge in [-0.1, -0.05) is 6.58 Å². The lowest BCUT2D eigenvalue weighted by atomic mass is 10.3. The lowest BCUT2D eigenvalue weighted by Crippen LogP contribution is -2.22. The van der Waals surface area contributed by atoms with Crippen LogP contribution in [0.25, 0.3) is 0 Å². The van der Waals surface area contributed by atoms with Crippen molar-refractivity contribution >= 4 is 11.9 Å². The fourth-order valence-electron chi connectivity index (χ4n) is 0.778. The molecule has 1 aliphatic rings. The molecule has 0 saturated carbocycles. The molecule has 0 aromatic heterocycles. The Morgan fingerprint density at radius 3 is 2.83 bits per heavy atom. The van der Waals surface area contributed by atoms with Gasteiger partial charge in [-0.2, -0.15) is 4.39 Å². The van der Waals surface area contributed by atoms with Crippen LogP contribution in [0.5, 0.6) is 0 Å². The molecular weight excluding hydrogens is 167 g/mol. The van der Waals surface area contributed by atoms with E-state index < -0.39 is 23.9 Å². The molecule has 1 unspecified atom stereocenters. The molecule has 0 N–H and O–H groups in total. The van der Waals surface area contributed by atoms with E-state index in [-0.39, 0.29) is 13.0 Å². The van der Waals surface area contributed by atoms with E-state index in [1.807, 2.05) is 0 Å². The third kappa shape index (κ3) is 1.81. The van der Waals surface area contributed by atoms with Crippen molar-refractivity contribution < 1.29 is 23.5 Å². The minimum absolute atomic E-state index is 0.204. The Bertz CT molecular complexity index is 236. The molecule has 1 atom stereocenters. The number of carbonyl (C=O) groups excluding carboxylic acids is 2. The Kier molecular flexibility index (Phi) is 2.42. The zero-order valence-electron chi connectivity index (χ0n) is 6.21. The highest BCUT2D eigenvalue weighted by Crippen LogP contribution is 2.12. The molecule has 0 aromatic rings. The van der Waals surface area contributed by atoms with E-state index in [4.69, 9.17) is 0 Å². The summed E-state index contributed by atoms with van der Waals surface area (Å²) in [7, 11) is 0. The van der Waals surface area contributed by atoms with Crippen molar-refractivity contribution in [3.63, 3.8) is 0 Å². The van der Waals surface area contributed by atoms with Gasteiger partial charge < -0.3 is 9.47 Å². The highest BCUT2D eigenvalue weighted by molar-refractivity contribution is 5.88. The summed E-state index contributed by atoms with van der Waals surface area (Å²) >= 11 is 0. The fourth-order valence-corrected chi connectivity index (χ4v) is 0.778. The summed E-state index contributed by atoms with van der Waals surface area (Å²) in [6, 6.07) is 0. The maximum absolute atomic E-state index is 12.1. The van der Waals surface area contributed by atoms with Crippen molar-refractivity contribution in [2.75, 3.05) is 6.61 Å². The second kappa shape index (κ2) is 3.34. The summed E-state index contributed by atoms with van der Waals surface area (Å²) in [6.45, 7) is 2.93. The van der Waals surface area contributed by atoms with Gasteiger partial charge in [0, 0.05) is 6.42 Å². The average Bonchev–Trinajstić information content (AvgIpc) is 2.36. The molecular formula is C7H7FO4. The monoisotopic (exact) mass is 174 g/mol. The van der Waals surface area contributed by atoms with Crippen LogP contribution in [-0.2, 0) is 19.1 Å². The Morgan fingerprint density at radius 1 is 1.75 bits per heavy atom. The van der Waals surface area contributed by atoms with E-state index in [9.17, 15) is 14.0 Å². The fraction of sp³-hybridized carbons (Fsp3) is 0.429. The Labute approximate surface area is 67.9 Å². The molecule has 1 heterocycles. The molecule has 4 nitrogen and oxygen atoms in total. The lowest BCUT2D eigenvalue weighted by Gasteiger charge is -2.05. The van der Waals surface area contributed by atoms with E-state index in [0.717, 1.165) is 0 Å². The normalized spacial score (nSPS) is 21.8. The van der Waals surface area contributed by atoms with Crippen molar-refractivity contribution in [1.82, 2.24) is 0 Å². The third-order valence-corrected chi connectivity index (χ3v) is 1.36. The van der Waals surface area contributed by atoms with Crippen LogP contribution >= 0.6 is 0 Å². The van der Waals surface area contributed by atoms with Gasteiger partial charge in [0.25, 0.3) is 0 Å². The standard InChI is InChI=1S/C7H7FO4/c1-4(8)6(9)12-5-2-3-11-7(5)10/h5H,1-3H2. The summed E-state index contributed by atoms with van der Waals surface area (Å²) in [5, 5.41) is 0. The number of esters is 2. The van der Waals surface area contributed by atoms with Crippen LogP contribution in [0, 0.1) is 0 Å². The topological polar surface area (TPSA) is 52.6 Å².